The molecule has 1 saturated heterocycles. The highest BCUT2D eigenvalue weighted by Gasteiger charge is 2.22. The molecule has 0 N–H and O–H groups in total. The SMILES string of the molecule is O=C(c1cc(S(=O)(=O)Cl)ccc1F)N1CCCCCC1. The van der Waals surface area contributed by atoms with Crippen LogP contribution in [0.2, 0.25) is 0 Å². The van der Waals surface area contributed by atoms with Gasteiger partial charge in [-0.15, -0.1) is 0 Å². The lowest BCUT2D eigenvalue weighted by Crippen LogP contribution is -2.32. The van der Waals surface area contributed by atoms with Gasteiger partial charge in [-0.3, -0.25) is 4.79 Å². The minimum Gasteiger partial charge on any atom is -0.339 e. The summed E-state index contributed by atoms with van der Waals surface area (Å²) < 4.78 is 36.3. The number of nitrogens with zero attached hydrogens (tertiary/aromatic N) is 1. The van der Waals surface area contributed by atoms with Crippen molar-refractivity contribution in [1.29, 1.82) is 0 Å². The molecule has 0 spiro atoms. The van der Waals surface area contributed by atoms with Gasteiger partial charge in [-0.1, -0.05) is 12.8 Å². The van der Waals surface area contributed by atoms with Crippen molar-refractivity contribution in [1.82, 2.24) is 4.90 Å². The Labute approximate surface area is 121 Å². The summed E-state index contributed by atoms with van der Waals surface area (Å²) in [7, 11) is 1.25. The van der Waals surface area contributed by atoms with Crippen LogP contribution in [0.3, 0.4) is 0 Å². The lowest BCUT2D eigenvalue weighted by Gasteiger charge is -2.20. The van der Waals surface area contributed by atoms with Gasteiger partial charge in [0.2, 0.25) is 0 Å². The lowest BCUT2D eigenvalue weighted by molar-refractivity contribution is 0.0756. The molecule has 1 aliphatic heterocycles. The fraction of sp³-hybridized carbons (Fsp3) is 0.462. The van der Waals surface area contributed by atoms with Gasteiger partial charge in [-0.05, 0) is 31.0 Å². The van der Waals surface area contributed by atoms with E-state index in [1.807, 2.05) is 0 Å². The van der Waals surface area contributed by atoms with Gasteiger partial charge in [0, 0.05) is 23.8 Å². The maximum Gasteiger partial charge on any atom is 0.261 e. The molecule has 0 aliphatic carbocycles. The summed E-state index contributed by atoms with van der Waals surface area (Å²) in [6.07, 6.45) is 3.84. The second-order valence-electron chi connectivity index (χ2n) is 4.79. The van der Waals surface area contributed by atoms with Crippen molar-refractivity contribution < 1.29 is 17.6 Å². The predicted octanol–water partition coefficient (Wildman–Crippen LogP) is 2.77. The van der Waals surface area contributed by atoms with Gasteiger partial charge in [0.15, 0.2) is 0 Å². The van der Waals surface area contributed by atoms with Gasteiger partial charge in [0.1, 0.15) is 5.82 Å². The first-order valence-corrected chi connectivity index (χ1v) is 8.74. The first kappa shape index (κ1) is 15.3. The molecule has 0 aromatic heterocycles. The van der Waals surface area contributed by atoms with E-state index in [0.717, 1.165) is 43.9 Å². The third kappa shape index (κ3) is 3.49. The molecule has 2 rings (SSSR count). The molecule has 1 fully saturated rings. The third-order valence-corrected chi connectivity index (χ3v) is 4.69. The van der Waals surface area contributed by atoms with E-state index in [1.54, 1.807) is 4.90 Å². The van der Waals surface area contributed by atoms with Crippen LogP contribution in [-0.2, 0) is 9.05 Å². The Balaban J connectivity index is 2.33. The first-order chi connectivity index (χ1) is 9.39. The Morgan fingerprint density at radius 3 is 2.30 bits per heavy atom. The van der Waals surface area contributed by atoms with Gasteiger partial charge in [-0.25, -0.2) is 12.8 Å². The summed E-state index contributed by atoms with van der Waals surface area (Å²) >= 11 is 0. The Bertz CT molecular complexity index is 610. The first-order valence-electron chi connectivity index (χ1n) is 6.43. The number of hydrogen-bond donors (Lipinski definition) is 0. The Hall–Kier alpha value is -1.14. The van der Waals surface area contributed by atoms with E-state index in [-0.39, 0.29) is 10.5 Å². The normalized spacial score (nSPS) is 16.8. The van der Waals surface area contributed by atoms with Crippen molar-refractivity contribution in [2.45, 2.75) is 30.6 Å². The summed E-state index contributed by atoms with van der Waals surface area (Å²) in [6.45, 7) is 1.13. The largest absolute Gasteiger partial charge is 0.339 e. The molecule has 0 saturated carbocycles. The van der Waals surface area contributed by atoms with Gasteiger partial charge in [0.25, 0.3) is 15.0 Å². The molecule has 1 aromatic carbocycles. The van der Waals surface area contributed by atoms with E-state index in [4.69, 9.17) is 10.7 Å². The second kappa shape index (κ2) is 6.10. The van der Waals surface area contributed by atoms with E-state index < -0.39 is 20.8 Å². The topological polar surface area (TPSA) is 54.5 Å². The number of carbonyl (C=O) groups excluding carboxylic acids is 1. The molecular weight excluding hydrogens is 305 g/mol. The van der Waals surface area contributed by atoms with Crippen LogP contribution in [-0.4, -0.2) is 32.3 Å². The summed E-state index contributed by atoms with van der Waals surface area (Å²) in [5, 5.41) is 0. The van der Waals surface area contributed by atoms with Crippen LogP contribution in [0.4, 0.5) is 4.39 Å². The van der Waals surface area contributed by atoms with Crippen LogP contribution < -0.4 is 0 Å². The molecule has 0 bridgehead atoms. The minimum absolute atomic E-state index is 0.242. The van der Waals surface area contributed by atoms with Crippen LogP contribution in [0, 0.1) is 5.82 Å². The van der Waals surface area contributed by atoms with Gasteiger partial charge >= 0.3 is 0 Å². The van der Waals surface area contributed by atoms with E-state index in [9.17, 15) is 17.6 Å². The standard InChI is InChI=1S/C13H15ClFNO3S/c14-20(18,19)10-5-6-12(15)11(9-10)13(17)16-7-3-1-2-4-8-16/h5-6,9H,1-4,7-8H2. The molecular formula is C13H15ClFNO3S. The second-order valence-corrected chi connectivity index (χ2v) is 7.35. The minimum atomic E-state index is -3.98. The number of carbonyl (C=O) groups is 1. The highest BCUT2D eigenvalue weighted by atomic mass is 35.7. The molecule has 1 aromatic rings. The molecule has 110 valence electrons. The average Bonchev–Trinajstić information content (AvgIpc) is 2.66. The van der Waals surface area contributed by atoms with Crippen LogP contribution in [0.25, 0.3) is 0 Å². The van der Waals surface area contributed by atoms with Crippen molar-refractivity contribution in [3.8, 4) is 0 Å². The van der Waals surface area contributed by atoms with Crippen molar-refractivity contribution in [2.75, 3.05) is 13.1 Å². The smallest absolute Gasteiger partial charge is 0.261 e. The van der Waals surface area contributed by atoms with Crippen molar-refractivity contribution in [3.63, 3.8) is 0 Å². The molecule has 20 heavy (non-hydrogen) atoms. The maximum atomic E-state index is 13.8. The van der Waals surface area contributed by atoms with Gasteiger partial charge in [-0.2, -0.15) is 0 Å². The highest BCUT2D eigenvalue weighted by Crippen LogP contribution is 2.21. The summed E-state index contributed by atoms with van der Waals surface area (Å²) in [6, 6.07) is 3.02. The number of amides is 1. The van der Waals surface area contributed by atoms with Crippen molar-refractivity contribution >= 4 is 25.6 Å². The summed E-state index contributed by atoms with van der Waals surface area (Å²) in [4.78, 5) is 13.6. The molecule has 4 nitrogen and oxygen atoms in total. The zero-order valence-corrected chi connectivity index (χ0v) is 12.4. The maximum absolute atomic E-state index is 13.8. The molecule has 1 amide bonds. The predicted molar refractivity (Wildman–Crippen MR) is 73.8 cm³/mol. The number of benzene rings is 1. The zero-order valence-electron chi connectivity index (χ0n) is 10.8. The Morgan fingerprint density at radius 2 is 1.75 bits per heavy atom. The van der Waals surface area contributed by atoms with Crippen molar-refractivity contribution in [3.05, 3.63) is 29.6 Å². The van der Waals surface area contributed by atoms with Crippen LogP contribution in [0.15, 0.2) is 23.1 Å². The van der Waals surface area contributed by atoms with Crippen LogP contribution in [0.1, 0.15) is 36.0 Å². The Kier molecular flexibility index (Phi) is 4.65. The van der Waals surface area contributed by atoms with Gasteiger partial charge in [0.05, 0.1) is 10.5 Å². The monoisotopic (exact) mass is 319 g/mol. The van der Waals surface area contributed by atoms with E-state index >= 15 is 0 Å². The summed E-state index contributed by atoms with van der Waals surface area (Å²) in [5.41, 5.74) is -0.242. The van der Waals surface area contributed by atoms with E-state index in [0.29, 0.717) is 13.1 Å². The van der Waals surface area contributed by atoms with Gasteiger partial charge < -0.3 is 4.90 Å². The van der Waals surface area contributed by atoms with E-state index in [1.165, 1.54) is 0 Å². The van der Waals surface area contributed by atoms with Crippen LogP contribution >= 0.6 is 10.7 Å². The molecule has 1 heterocycles. The molecule has 0 atom stereocenters. The number of hydrogen-bond acceptors (Lipinski definition) is 3. The molecule has 0 unspecified atom stereocenters. The fourth-order valence-electron chi connectivity index (χ4n) is 2.26. The number of rotatable bonds is 2. The molecule has 1 aliphatic rings. The number of halogens is 2. The third-order valence-electron chi connectivity index (χ3n) is 3.34. The van der Waals surface area contributed by atoms with Crippen LogP contribution in [0.5, 0.6) is 0 Å². The summed E-state index contributed by atoms with van der Waals surface area (Å²) in [5.74, 6) is -1.21. The highest BCUT2D eigenvalue weighted by molar-refractivity contribution is 8.13. The van der Waals surface area contributed by atoms with Crippen molar-refractivity contribution in [2.24, 2.45) is 0 Å². The number of likely N-dealkylation sites (tertiary alicyclic amines) is 1. The Morgan fingerprint density at radius 1 is 1.15 bits per heavy atom. The fourth-order valence-corrected chi connectivity index (χ4v) is 3.04. The zero-order chi connectivity index (χ0) is 14.8. The molecule has 0 radical (unpaired) electrons. The lowest BCUT2D eigenvalue weighted by atomic mass is 10.2. The molecule has 7 heteroatoms. The van der Waals surface area contributed by atoms with E-state index in [2.05, 4.69) is 0 Å². The average molecular weight is 320 g/mol. The quantitative estimate of drug-likeness (QED) is 0.788.